The minimum atomic E-state index is -0.983. The van der Waals surface area contributed by atoms with Crippen molar-refractivity contribution in [3.8, 4) is 0 Å². The Morgan fingerprint density at radius 2 is 1.84 bits per heavy atom. The highest BCUT2D eigenvalue weighted by Gasteiger charge is 2.45. The van der Waals surface area contributed by atoms with Crippen LogP contribution in [0.1, 0.15) is 69.4 Å². The molecule has 1 aliphatic heterocycles. The minimum absolute atomic E-state index is 0.0964. The van der Waals surface area contributed by atoms with Gasteiger partial charge in [0.2, 0.25) is 11.8 Å². The van der Waals surface area contributed by atoms with Crippen molar-refractivity contribution in [3.05, 3.63) is 65.2 Å². The van der Waals surface area contributed by atoms with E-state index in [0.717, 1.165) is 68.7 Å². The number of rotatable bonds is 9. The molecular formula is C30H37F2N3O3. The van der Waals surface area contributed by atoms with Crippen LogP contribution in [0.15, 0.2) is 42.5 Å². The van der Waals surface area contributed by atoms with Gasteiger partial charge in [0.15, 0.2) is 0 Å². The lowest BCUT2D eigenvalue weighted by molar-refractivity contribution is -0.121. The standard InChI is InChI=1S/C30H37F2N3O3/c1-19(36)34-27(14-20-12-23(31)17-24(32)13-20)28(37)18-33-30(10-3-2-4-11-30)22-6-5-7-25(16-22)35-26-9-8-21(15-26)29(35)38/h5-7,12-13,16-17,21,26-28,33,37H,2-4,8-11,14-15,18H2,1H3,(H,34,36)/t21?,26?,27-,28+/m0/s1. The number of fused-ring (bicyclic) bond motifs is 2. The lowest BCUT2D eigenvalue weighted by Crippen LogP contribution is -2.53. The molecule has 8 heteroatoms. The monoisotopic (exact) mass is 525 g/mol. The van der Waals surface area contributed by atoms with Gasteiger partial charge in [-0.1, -0.05) is 31.4 Å². The number of benzene rings is 2. The summed E-state index contributed by atoms with van der Waals surface area (Å²) in [4.78, 5) is 26.8. The van der Waals surface area contributed by atoms with Gasteiger partial charge in [0.05, 0.1) is 12.1 Å². The molecular weight excluding hydrogens is 488 g/mol. The van der Waals surface area contributed by atoms with Crippen LogP contribution in [0.5, 0.6) is 0 Å². The third kappa shape index (κ3) is 5.61. The highest BCUT2D eigenvalue weighted by atomic mass is 19.1. The summed E-state index contributed by atoms with van der Waals surface area (Å²) < 4.78 is 27.5. The third-order valence-corrected chi connectivity index (χ3v) is 8.62. The molecule has 4 atom stereocenters. The van der Waals surface area contributed by atoms with Crippen molar-refractivity contribution in [2.75, 3.05) is 11.4 Å². The molecule has 3 aliphatic rings. The van der Waals surface area contributed by atoms with Crippen molar-refractivity contribution < 1.29 is 23.5 Å². The Labute approximate surface area is 222 Å². The molecule has 5 rings (SSSR count). The fraction of sp³-hybridized carbons (Fsp3) is 0.533. The number of aliphatic hydroxyl groups excluding tert-OH is 1. The molecule has 3 fully saturated rings. The number of aliphatic hydroxyl groups is 1. The van der Waals surface area contributed by atoms with E-state index in [4.69, 9.17) is 0 Å². The summed E-state index contributed by atoms with van der Waals surface area (Å²) in [5, 5.41) is 17.5. The van der Waals surface area contributed by atoms with Gasteiger partial charge >= 0.3 is 0 Å². The van der Waals surface area contributed by atoms with Gasteiger partial charge in [0, 0.05) is 42.7 Å². The van der Waals surface area contributed by atoms with Crippen molar-refractivity contribution in [3.63, 3.8) is 0 Å². The van der Waals surface area contributed by atoms with E-state index in [1.165, 1.54) is 19.1 Å². The second-order valence-corrected chi connectivity index (χ2v) is 11.3. The number of piperidine rings is 1. The molecule has 1 saturated heterocycles. The molecule has 2 aliphatic carbocycles. The molecule has 0 radical (unpaired) electrons. The topological polar surface area (TPSA) is 81.7 Å². The maximum atomic E-state index is 13.8. The number of nitrogens with zero attached hydrogens (tertiary/aromatic N) is 1. The first-order valence-electron chi connectivity index (χ1n) is 13.8. The molecule has 2 amide bonds. The van der Waals surface area contributed by atoms with E-state index in [2.05, 4.69) is 22.8 Å². The van der Waals surface area contributed by atoms with Crippen molar-refractivity contribution in [1.29, 1.82) is 0 Å². The van der Waals surface area contributed by atoms with Crippen molar-refractivity contribution >= 4 is 17.5 Å². The van der Waals surface area contributed by atoms with Gasteiger partial charge in [-0.05, 0) is 73.9 Å². The summed E-state index contributed by atoms with van der Waals surface area (Å²) in [5.41, 5.74) is 2.03. The lowest BCUT2D eigenvalue weighted by Gasteiger charge is -2.41. The van der Waals surface area contributed by atoms with Crippen LogP contribution in [0.2, 0.25) is 0 Å². The van der Waals surface area contributed by atoms with E-state index in [-0.39, 0.29) is 42.3 Å². The Hall–Kier alpha value is -2.84. The van der Waals surface area contributed by atoms with Gasteiger partial charge in [-0.25, -0.2) is 8.78 Å². The smallest absolute Gasteiger partial charge is 0.230 e. The SMILES string of the molecule is CC(=O)N[C@@H](Cc1cc(F)cc(F)c1)[C@H](O)CNC1(c2cccc(N3C(=O)C4CCC3C4)c2)CCCCC1. The molecule has 1 heterocycles. The Bertz CT molecular complexity index is 1160. The van der Waals surface area contributed by atoms with E-state index in [1.807, 2.05) is 17.0 Å². The van der Waals surface area contributed by atoms with Crippen molar-refractivity contribution in [2.45, 2.75) is 88.4 Å². The van der Waals surface area contributed by atoms with Crippen molar-refractivity contribution in [2.24, 2.45) is 5.92 Å². The van der Waals surface area contributed by atoms with E-state index < -0.39 is 23.8 Å². The van der Waals surface area contributed by atoms with E-state index in [1.54, 1.807) is 0 Å². The Balaban J connectivity index is 1.34. The summed E-state index contributed by atoms with van der Waals surface area (Å²) in [7, 11) is 0. The Morgan fingerprint density at radius 3 is 2.50 bits per heavy atom. The zero-order valence-electron chi connectivity index (χ0n) is 21.9. The second kappa shape index (κ2) is 11.1. The van der Waals surface area contributed by atoms with E-state index in [0.29, 0.717) is 5.56 Å². The largest absolute Gasteiger partial charge is 0.390 e. The van der Waals surface area contributed by atoms with Crippen LogP contribution < -0.4 is 15.5 Å². The molecule has 0 aromatic heterocycles. The number of amides is 2. The van der Waals surface area contributed by atoms with E-state index >= 15 is 0 Å². The first kappa shape index (κ1) is 26.8. The predicted molar refractivity (Wildman–Crippen MR) is 141 cm³/mol. The third-order valence-electron chi connectivity index (χ3n) is 8.62. The second-order valence-electron chi connectivity index (χ2n) is 11.3. The lowest BCUT2D eigenvalue weighted by atomic mass is 9.76. The summed E-state index contributed by atoms with van der Waals surface area (Å²) in [6.07, 6.45) is 7.10. The maximum absolute atomic E-state index is 13.8. The van der Waals surface area contributed by atoms with Gasteiger partial charge < -0.3 is 20.6 Å². The molecule has 2 unspecified atom stereocenters. The number of hydrogen-bond acceptors (Lipinski definition) is 4. The number of halogens is 2. The first-order valence-corrected chi connectivity index (χ1v) is 13.8. The maximum Gasteiger partial charge on any atom is 0.230 e. The number of hydrogen-bond donors (Lipinski definition) is 3. The summed E-state index contributed by atoms with van der Waals surface area (Å²) in [6.45, 7) is 1.56. The van der Waals surface area contributed by atoms with Crippen molar-refractivity contribution in [1.82, 2.24) is 10.6 Å². The zero-order chi connectivity index (χ0) is 26.9. The van der Waals surface area contributed by atoms with Crippen LogP contribution in [0.25, 0.3) is 0 Å². The normalized spacial score (nSPS) is 23.9. The highest BCUT2D eigenvalue weighted by molar-refractivity contribution is 5.99. The number of carbonyl (C=O) groups is 2. The van der Waals surface area contributed by atoms with Gasteiger partial charge in [0.25, 0.3) is 0 Å². The number of carbonyl (C=O) groups excluding carboxylic acids is 2. The Kier molecular flexibility index (Phi) is 7.82. The summed E-state index contributed by atoms with van der Waals surface area (Å²) >= 11 is 0. The van der Waals surface area contributed by atoms with Gasteiger partial charge in [-0.3, -0.25) is 9.59 Å². The number of anilines is 1. The highest BCUT2D eigenvalue weighted by Crippen LogP contribution is 2.43. The molecule has 38 heavy (non-hydrogen) atoms. The quantitative estimate of drug-likeness (QED) is 0.455. The first-order chi connectivity index (χ1) is 18.2. The molecule has 2 aromatic carbocycles. The zero-order valence-corrected chi connectivity index (χ0v) is 21.9. The van der Waals surface area contributed by atoms with Crippen LogP contribution in [-0.2, 0) is 21.5 Å². The van der Waals surface area contributed by atoms with Crippen LogP contribution in [0, 0.1) is 17.6 Å². The molecule has 3 N–H and O–H groups in total. The van der Waals surface area contributed by atoms with Gasteiger partial charge in [-0.15, -0.1) is 0 Å². The molecule has 2 saturated carbocycles. The van der Waals surface area contributed by atoms with Crippen LogP contribution in [0.3, 0.4) is 0 Å². The van der Waals surface area contributed by atoms with Crippen LogP contribution in [0.4, 0.5) is 14.5 Å². The molecule has 2 bridgehead atoms. The molecule has 2 aromatic rings. The molecule has 6 nitrogen and oxygen atoms in total. The minimum Gasteiger partial charge on any atom is -0.390 e. The van der Waals surface area contributed by atoms with Gasteiger partial charge in [0.1, 0.15) is 11.6 Å². The summed E-state index contributed by atoms with van der Waals surface area (Å²) in [5.74, 6) is -1.33. The average Bonchev–Trinajstić information content (AvgIpc) is 3.48. The molecule has 204 valence electrons. The van der Waals surface area contributed by atoms with Gasteiger partial charge in [-0.2, -0.15) is 0 Å². The predicted octanol–water partition coefficient (Wildman–Crippen LogP) is 4.34. The average molecular weight is 526 g/mol. The fourth-order valence-electron chi connectivity index (χ4n) is 6.78. The van der Waals surface area contributed by atoms with Crippen LogP contribution in [-0.4, -0.2) is 41.7 Å². The van der Waals surface area contributed by atoms with E-state index in [9.17, 15) is 23.5 Å². The molecule has 0 spiro atoms. The van der Waals surface area contributed by atoms with Crippen LogP contribution >= 0.6 is 0 Å². The summed E-state index contributed by atoms with van der Waals surface area (Å²) in [6, 6.07) is 11.1. The Morgan fingerprint density at radius 1 is 1.11 bits per heavy atom. The fourth-order valence-corrected chi connectivity index (χ4v) is 6.78. The number of nitrogens with one attached hydrogen (secondary N) is 2.